The molecular formula is C11H19BrO. The lowest BCUT2D eigenvalue weighted by Gasteiger charge is -2.22. The van der Waals surface area contributed by atoms with Gasteiger partial charge >= 0.3 is 0 Å². The predicted octanol–water partition coefficient (Wildman–Crippen LogP) is 3.37. The van der Waals surface area contributed by atoms with Gasteiger partial charge in [-0.05, 0) is 50.4 Å². The van der Waals surface area contributed by atoms with E-state index in [2.05, 4.69) is 15.9 Å². The van der Waals surface area contributed by atoms with Crippen LogP contribution in [0.5, 0.6) is 0 Å². The summed E-state index contributed by atoms with van der Waals surface area (Å²) in [6.07, 6.45) is 8.31. The monoisotopic (exact) mass is 246 g/mol. The zero-order chi connectivity index (χ0) is 9.10. The second-order valence-corrected chi connectivity index (χ2v) is 5.69. The fraction of sp³-hybridized carbons (Fsp3) is 1.00. The Bertz CT molecular complexity index is 150. The minimum atomic E-state index is 0.800. The van der Waals surface area contributed by atoms with Crippen molar-refractivity contribution in [2.24, 2.45) is 11.8 Å². The van der Waals surface area contributed by atoms with Crippen LogP contribution in [0.25, 0.3) is 0 Å². The van der Waals surface area contributed by atoms with Crippen LogP contribution in [0.4, 0.5) is 0 Å². The first-order valence-corrected chi connectivity index (χ1v) is 6.49. The van der Waals surface area contributed by atoms with Gasteiger partial charge in [0.15, 0.2) is 0 Å². The minimum Gasteiger partial charge on any atom is -0.381 e. The number of ether oxygens (including phenoxy) is 1. The van der Waals surface area contributed by atoms with E-state index in [0.29, 0.717) is 0 Å². The van der Waals surface area contributed by atoms with Gasteiger partial charge in [0.25, 0.3) is 0 Å². The van der Waals surface area contributed by atoms with Gasteiger partial charge in [-0.15, -0.1) is 0 Å². The van der Waals surface area contributed by atoms with Crippen LogP contribution in [-0.4, -0.2) is 18.0 Å². The molecule has 1 nitrogen and oxygen atoms in total. The maximum absolute atomic E-state index is 5.48. The van der Waals surface area contributed by atoms with Crippen LogP contribution < -0.4 is 0 Å². The predicted molar refractivity (Wildman–Crippen MR) is 58.2 cm³/mol. The minimum absolute atomic E-state index is 0.800. The Hall–Kier alpha value is 0.440. The van der Waals surface area contributed by atoms with Gasteiger partial charge in [-0.25, -0.2) is 0 Å². The third-order valence-corrected chi connectivity index (χ3v) is 4.44. The van der Waals surface area contributed by atoms with Crippen molar-refractivity contribution in [2.45, 2.75) is 43.4 Å². The molecule has 13 heavy (non-hydrogen) atoms. The Morgan fingerprint density at radius 2 is 2.15 bits per heavy atom. The third-order valence-electron chi connectivity index (χ3n) is 3.24. The summed E-state index contributed by atoms with van der Waals surface area (Å²) in [5.41, 5.74) is 0. The lowest BCUT2D eigenvalue weighted by molar-refractivity contribution is 0.0508. The van der Waals surface area contributed by atoms with Crippen molar-refractivity contribution in [1.29, 1.82) is 0 Å². The molecule has 0 aromatic carbocycles. The van der Waals surface area contributed by atoms with E-state index in [9.17, 15) is 0 Å². The van der Waals surface area contributed by atoms with E-state index in [1.807, 2.05) is 0 Å². The smallest absolute Gasteiger partial charge is 0.0494 e. The molecule has 1 saturated heterocycles. The SMILES string of the molecule is BrC(CCC1CCCOC1)C1CC1. The van der Waals surface area contributed by atoms with E-state index in [4.69, 9.17) is 4.74 Å². The summed E-state index contributed by atoms with van der Waals surface area (Å²) >= 11 is 3.79. The molecule has 0 aromatic rings. The molecule has 1 aliphatic carbocycles. The van der Waals surface area contributed by atoms with Gasteiger partial charge in [-0.1, -0.05) is 15.9 Å². The number of hydrogen-bond donors (Lipinski definition) is 0. The summed E-state index contributed by atoms with van der Waals surface area (Å²) in [7, 11) is 0. The number of alkyl halides is 1. The van der Waals surface area contributed by atoms with Crippen molar-refractivity contribution < 1.29 is 4.74 Å². The second kappa shape index (κ2) is 4.79. The molecule has 0 N–H and O–H groups in total. The van der Waals surface area contributed by atoms with Crippen molar-refractivity contribution in [3.05, 3.63) is 0 Å². The summed E-state index contributed by atoms with van der Waals surface area (Å²) in [6.45, 7) is 2.02. The Labute approximate surface area is 89.4 Å². The molecule has 0 spiro atoms. The standard InChI is InChI=1S/C11H19BrO/c12-11(10-4-5-10)6-3-9-2-1-7-13-8-9/h9-11H,1-8H2. The molecule has 2 atom stereocenters. The fourth-order valence-corrected chi connectivity index (χ4v) is 2.92. The van der Waals surface area contributed by atoms with Crippen LogP contribution in [0, 0.1) is 11.8 Å². The van der Waals surface area contributed by atoms with Gasteiger partial charge in [-0.3, -0.25) is 0 Å². The summed E-state index contributed by atoms with van der Waals surface area (Å²) < 4.78 is 5.48. The van der Waals surface area contributed by atoms with E-state index < -0.39 is 0 Å². The van der Waals surface area contributed by atoms with Crippen molar-refractivity contribution in [3.8, 4) is 0 Å². The highest BCUT2D eigenvalue weighted by molar-refractivity contribution is 9.09. The fourth-order valence-electron chi connectivity index (χ4n) is 2.12. The highest BCUT2D eigenvalue weighted by Crippen LogP contribution is 2.39. The first kappa shape index (κ1) is 9.97. The first-order valence-electron chi connectivity index (χ1n) is 5.58. The molecule has 76 valence electrons. The van der Waals surface area contributed by atoms with E-state index in [0.717, 1.165) is 29.9 Å². The van der Waals surface area contributed by atoms with Crippen molar-refractivity contribution in [3.63, 3.8) is 0 Å². The largest absolute Gasteiger partial charge is 0.381 e. The molecule has 2 aliphatic rings. The normalized spacial score (nSPS) is 31.6. The van der Waals surface area contributed by atoms with Crippen LogP contribution in [0.1, 0.15) is 38.5 Å². The molecule has 0 aromatic heterocycles. The Kier molecular flexibility index (Phi) is 3.67. The number of halogens is 1. The molecule has 0 radical (unpaired) electrons. The Morgan fingerprint density at radius 3 is 2.77 bits per heavy atom. The third kappa shape index (κ3) is 3.25. The van der Waals surface area contributed by atoms with Crippen LogP contribution in [0.2, 0.25) is 0 Å². The average molecular weight is 247 g/mol. The van der Waals surface area contributed by atoms with Gasteiger partial charge in [0.1, 0.15) is 0 Å². The van der Waals surface area contributed by atoms with Gasteiger partial charge in [0.05, 0.1) is 0 Å². The number of hydrogen-bond acceptors (Lipinski definition) is 1. The summed E-state index contributed by atoms with van der Waals surface area (Å²) in [5.74, 6) is 1.86. The molecule has 1 saturated carbocycles. The van der Waals surface area contributed by atoms with Crippen molar-refractivity contribution in [1.82, 2.24) is 0 Å². The van der Waals surface area contributed by atoms with E-state index in [1.165, 1.54) is 38.5 Å². The average Bonchev–Trinajstić information content (AvgIpc) is 2.99. The molecule has 2 rings (SSSR count). The van der Waals surface area contributed by atoms with Gasteiger partial charge in [0, 0.05) is 18.0 Å². The van der Waals surface area contributed by atoms with E-state index in [-0.39, 0.29) is 0 Å². The lowest BCUT2D eigenvalue weighted by atomic mass is 9.95. The van der Waals surface area contributed by atoms with Crippen molar-refractivity contribution >= 4 is 15.9 Å². The molecule has 1 aliphatic heterocycles. The molecular weight excluding hydrogens is 228 g/mol. The summed E-state index contributed by atoms with van der Waals surface area (Å²) in [4.78, 5) is 0.800. The zero-order valence-electron chi connectivity index (χ0n) is 8.18. The first-order chi connectivity index (χ1) is 6.36. The van der Waals surface area contributed by atoms with Crippen LogP contribution in [-0.2, 0) is 4.74 Å². The van der Waals surface area contributed by atoms with E-state index in [1.54, 1.807) is 0 Å². The van der Waals surface area contributed by atoms with Gasteiger partial charge < -0.3 is 4.74 Å². The quantitative estimate of drug-likeness (QED) is 0.692. The van der Waals surface area contributed by atoms with Crippen LogP contribution >= 0.6 is 15.9 Å². The second-order valence-electron chi connectivity index (χ2n) is 4.51. The molecule has 0 amide bonds. The Morgan fingerprint density at radius 1 is 1.31 bits per heavy atom. The highest BCUT2D eigenvalue weighted by atomic mass is 79.9. The molecule has 2 heteroatoms. The maximum atomic E-state index is 5.48. The van der Waals surface area contributed by atoms with Crippen molar-refractivity contribution in [2.75, 3.05) is 13.2 Å². The maximum Gasteiger partial charge on any atom is 0.0494 e. The summed E-state index contributed by atoms with van der Waals surface area (Å²) in [5, 5.41) is 0. The lowest BCUT2D eigenvalue weighted by Crippen LogP contribution is -2.18. The summed E-state index contributed by atoms with van der Waals surface area (Å²) in [6, 6.07) is 0. The highest BCUT2D eigenvalue weighted by Gasteiger charge is 2.29. The van der Waals surface area contributed by atoms with Gasteiger partial charge in [0.2, 0.25) is 0 Å². The molecule has 0 bridgehead atoms. The molecule has 1 heterocycles. The van der Waals surface area contributed by atoms with Crippen LogP contribution in [0.15, 0.2) is 0 Å². The topological polar surface area (TPSA) is 9.23 Å². The Balaban J connectivity index is 1.60. The molecule has 2 unspecified atom stereocenters. The van der Waals surface area contributed by atoms with E-state index >= 15 is 0 Å². The van der Waals surface area contributed by atoms with Crippen LogP contribution in [0.3, 0.4) is 0 Å². The van der Waals surface area contributed by atoms with Gasteiger partial charge in [-0.2, -0.15) is 0 Å². The number of rotatable bonds is 4. The molecule has 2 fully saturated rings. The zero-order valence-corrected chi connectivity index (χ0v) is 9.76.